The molecule has 1 aromatic heterocycles. The maximum atomic E-state index is 13.6. The summed E-state index contributed by atoms with van der Waals surface area (Å²) in [5.41, 5.74) is 11.8. The normalized spacial score (nSPS) is 9.16. The Labute approximate surface area is 154 Å². The van der Waals surface area contributed by atoms with Gasteiger partial charge in [0.1, 0.15) is 17.7 Å². The molecule has 0 aliphatic heterocycles. The van der Waals surface area contributed by atoms with Crippen LogP contribution in [-0.4, -0.2) is 4.98 Å². The van der Waals surface area contributed by atoms with Crippen LogP contribution in [0.5, 0.6) is 0 Å². The standard InChI is InChI=1S/C12H8ClFN4.C5H12.C2H6/c13-9-5-18-11(16)3-8(9)6-1-7(4-15)12(17)10(14)2-6;1-3-5-4-2;1-2/h1-3,5H,17H2,(H2,16,18);3-5H2,1-2H3;1-2H3. The number of benzene rings is 1. The molecule has 4 N–H and O–H groups in total. The van der Waals surface area contributed by atoms with Crippen molar-refractivity contribution in [3.8, 4) is 17.2 Å². The first-order valence-corrected chi connectivity index (χ1v) is 8.72. The second-order valence-electron chi connectivity index (χ2n) is 4.97. The summed E-state index contributed by atoms with van der Waals surface area (Å²) < 4.78 is 13.6. The SMILES string of the molecule is CC.CCCCC.N#Cc1cc(-c2cc(N)ncc2Cl)cc(F)c1N. The van der Waals surface area contributed by atoms with Gasteiger partial charge in [-0.2, -0.15) is 5.26 Å². The number of hydrogen-bond acceptors (Lipinski definition) is 4. The topological polar surface area (TPSA) is 88.7 Å². The van der Waals surface area contributed by atoms with E-state index in [1.165, 1.54) is 43.7 Å². The number of halogens is 2. The molecule has 136 valence electrons. The van der Waals surface area contributed by atoms with Crippen molar-refractivity contribution >= 4 is 23.1 Å². The minimum Gasteiger partial charge on any atom is -0.395 e. The van der Waals surface area contributed by atoms with Gasteiger partial charge in [0, 0.05) is 11.8 Å². The quantitative estimate of drug-likeness (QED) is 0.673. The zero-order chi connectivity index (χ0) is 19.4. The molecular weight excluding hydrogens is 339 g/mol. The van der Waals surface area contributed by atoms with Gasteiger partial charge >= 0.3 is 0 Å². The first kappa shape index (κ1) is 22.7. The van der Waals surface area contributed by atoms with Crippen molar-refractivity contribution in [2.24, 2.45) is 0 Å². The summed E-state index contributed by atoms with van der Waals surface area (Å²) in [7, 11) is 0. The number of nitriles is 1. The zero-order valence-corrected chi connectivity index (χ0v) is 16.0. The summed E-state index contributed by atoms with van der Waals surface area (Å²) in [5.74, 6) is -0.416. The van der Waals surface area contributed by atoms with Crippen molar-refractivity contribution in [2.45, 2.75) is 47.0 Å². The van der Waals surface area contributed by atoms with E-state index >= 15 is 0 Å². The number of anilines is 2. The van der Waals surface area contributed by atoms with Crippen molar-refractivity contribution in [3.05, 3.63) is 40.8 Å². The molecule has 0 fully saturated rings. The van der Waals surface area contributed by atoms with E-state index in [0.717, 1.165) is 0 Å². The number of nitrogen functional groups attached to an aromatic ring is 2. The molecule has 0 atom stereocenters. The first-order chi connectivity index (χ1) is 11.9. The van der Waals surface area contributed by atoms with Gasteiger partial charge in [0.05, 0.1) is 16.3 Å². The van der Waals surface area contributed by atoms with E-state index in [1.807, 2.05) is 19.9 Å². The number of rotatable bonds is 3. The maximum absolute atomic E-state index is 13.6. The van der Waals surface area contributed by atoms with Gasteiger partial charge in [-0.3, -0.25) is 0 Å². The van der Waals surface area contributed by atoms with E-state index in [9.17, 15) is 4.39 Å². The number of pyridine rings is 1. The van der Waals surface area contributed by atoms with Gasteiger partial charge in [0.2, 0.25) is 0 Å². The van der Waals surface area contributed by atoms with E-state index in [2.05, 4.69) is 18.8 Å². The summed E-state index contributed by atoms with van der Waals surface area (Å²) >= 11 is 5.96. The minimum absolute atomic E-state index is 0.0523. The van der Waals surface area contributed by atoms with Crippen molar-refractivity contribution < 1.29 is 4.39 Å². The van der Waals surface area contributed by atoms with Crippen LogP contribution in [0.1, 0.15) is 52.5 Å². The molecule has 6 heteroatoms. The Morgan fingerprint density at radius 3 is 2.24 bits per heavy atom. The molecule has 0 aliphatic rings. The summed E-state index contributed by atoms with van der Waals surface area (Å²) in [5, 5.41) is 9.19. The van der Waals surface area contributed by atoms with Crippen LogP contribution >= 0.6 is 11.6 Å². The fourth-order valence-corrected chi connectivity index (χ4v) is 2.11. The van der Waals surface area contributed by atoms with Crippen LogP contribution < -0.4 is 11.5 Å². The van der Waals surface area contributed by atoms with Crippen LogP contribution in [-0.2, 0) is 0 Å². The van der Waals surface area contributed by atoms with Crippen molar-refractivity contribution in [1.29, 1.82) is 5.26 Å². The van der Waals surface area contributed by atoms with Crippen molar-refractivity contribution in [2.75, 3.05) is 11.5 Å². The molecule has 0 saturated carbocycles. The van der Waals surface area contributed by atoms with Crippen LogP contribution in [0.25, 0.3) is 11.1 Å². The van der Waals surface area contributed by atoms with Crippen LogP contribution in [0.15, 0.2) is 24.4 Å². The number of aromatic nitrogens is 1. The fraction of sp³-hybridized carbons (Fsp3) is 0.368. The van der Waals surface area contributed by atoms with Crippen LogP contribution in [0, 0.1) is 17.1 Å². The van der Waals surface area contributed by atoms with E-state index < -0.39 is 5.82 Å². The number of nitrogens with zero attached hydrogens (tertiary/aromatic N) is 2. The maximum Gasteiger partial charge on any atom is 0.148 e. The van der Waals surface area contributed by atoms with Crippen LogP contribution in [0.3, 0.4) is 0 Å². The molecule has 0 unspecified atom stereocenters. The molecule has 25 heavy (non-hydrogen) atoms. The second-order valence-corrected chi connectivity index (χ2v) is 5.38. The summed E-state index contributed by atoms with van der Waals surface area (Å²) in [6.45, 7) is 8.42. The lowest BCUT2D eigenvalue weighted by molar-refractivity contribution is 0.632. The van der Waals surface area contributed by atoms with E-state index in [4.69, 9.17) is 28.3 Å². The lowest BCUT2D eigenvalue weighted by atomic mass is 10.0. The van der Waals surface area contributed by atoms with Gasteiger partial charge < -0.3 is 11.5 Å². The van der Waals surface area contributed by atoms with Crippen LogP contribution in [0.2, 0.25) is 5.02 Å². The van der Waals surface area contributed by atoms with E-state index in [1.54, 1.807) is 0 Å². The predicted molar refractivity (Wildman–Crippen MR) is 105 cm³/mol. The molecule has 0 aliphatic carbocycles. The molecule has 2 aromatic rings. The summed E-state index contributed by atoms with van der Waals surface area (Å²) in [6.07, 6.45) is 5.44. The van der Waals surface area contributed by atoms with Gasteiger partial charge in [-0.25, -0.2) is 9.37 Å². The molecule has 0 amide bonds. The molecule has 0 radical (unpaired) electrons. The average Bonchev–Trinajstić information content (AvgIpc) is 2.62. The third-order valence-electron chi connectivity index (χ3n) is 3.14. The lowest BCUT2D eigenvalue weighted by Gasteiger charge is -2.08. The molecular formula is C19H26ClFN4. The number of hydrogen-bond donors (Lipinski definition) is 2. The highest BCUT2D eigenvalue weighted by atomic mass is 35.5. The van der Waals surface area contributed by atoms with Gasteiger partial charge in [-0.1, -0.05) is 58.6 Å². The number of nitrogens with two attached hydrogens (primary N) is 2. The largest absolute Gasteiger partial charge is 0.395 e. The van der Waals surface area contributed by atoms with Gasteiger partial charge in [0.15, 0.2) is 0 Å². The average molecular weight is 365 g/mol. The first-order valence-electron chi connectivity index (χ1n) is 8.35. The van der Waals surface area contributed by atoms with Crippen molar-refractivity contribution in [1.82, 2.24) is 4.98 Å². The third kappa shape index (κ3) is 6.98. The molecule has 4 nitrogen and oxygen atoms in total. The summed E-state index contributed by atoms with van der Waals surface area (Å²) in [4.78, 5) is 3.81. The second kappa shape index (κ2) is 12.1. The van der Waals surface area contributed by atoms with Gasteiger partial charge in [0.25, 0.3) is 0 Å². The fourth-order valence-electron chi connectivity index (χ4n) is 1.90. The number of unbranched alkanes of at least 4 members (excludes halogenated alkanes) is 2. The molecule has 1 aromatic carbocycles. The third-order valence-corrected chi connectivity index (χ3v) is 3.45. The van der Waals surface area contributed by atoms with Crippen LogP contribution in [0.4, 0.5) is 15.9 Å². The molecule has 2 rings (SSSR count). The molecule has 1 heterocycles. The van der Waals surface area contributed by atoms with Gasteiger partial charge in [-0.05, 0) is 23.8 Å². The summed E-state index contributed by atoms with van der Waals surface area (Å²) in [6, 6.07) is 6.00. The van der Waals surface area contributed by atoms with Gasteiger partial charge in [-0.15, -0.1) is 0 Å². The highest BCUT2D eigenvalue weighted by Crippen LogP contribution is 2.31. The van der Waals surface area contributed by atoms with E-state index in [-0.39, 0.29) is 17.1 Å². The molecule has 0 saturated heterocycles. The van der Waals surface area contributed by atoms with E-state index in [0.29, 0.717) is 16.1 Å². The Morgan fingerprint density at radius 1 is 1.16 bits per heavy atom. The smallest absolute Gasteiger partial charge is 0.148 e. The Hall–Kier alpha value is -2.32. The minimum atomic E-state index is -0.671. The van der Waals surface area contributed by atoms with Crippen molar-refractivity contribution in [3.63, 3.8) is 0 Å². The molecule has 0 spiro atoms. The zero-order valence-electron chi connectivity index (χ0n) is 15.2. The highest BCUT2D eigenvalue weighted by molar-refractivity contribution is 6.33. The Bertz CT molecular complexity index is 709. The monoisotopic (exact) mass is 364 g/mol. The Morgan fingerprint density at radius 2 is 1.76 bits per heavy atom. The lowest BCUT2D eigenvalue weighted by Crippen LogP contribution is -1.97. The molecule has 0 bridgehead atoms. The Kier molecular flexibility index (Phi) is 11.0. The Balaban J connectivity index is 0.000000710. The highest BCUT2D eigenvalue weighted by Gasteiger charge is 2.11. The predicted octanol–water partition coefficient (Wildman–Crippen LogP) is 5.80.